The number of aryl methyl sites for hydroxylation is 1. The fourth-order valence-electron chi connectivity index (χ4n) is 4.59. The zero-order valence-corrected chi connectivity index (χ0v) is 20.2. The van der Waals surface area contributed by atoms with E-state index in [0.717, 1.165) is 25.2 Å². The van der Waals surface area contributed by atoms with E-state index in [1.54, 1.807) is 31.2 Å². The molecule has 8 heteroatoms. The Labute approximate surface area is 205 Å². The van der Waals surface area contributed by atoms with Gasteiger partial charge >= 0.3 is 0 Å². The van der Waals surface area contributed by atoms with Gasteiger partial charge < -0.3 is 24.6 Å². The summed E-state index contributed by atoms with van der Waals surface area (Å²) in [5, 5.41) is 21.4. The number of amides is 1. The summed E-state index contributed by atoms with van der Waals surface area (Å²) in [6.45, 7) is 8.27. The van der Waals surface area contributed by atoms with Crippen LogP contribution in [0.15, 0.2) is 48.0 Å². The number of ketones is 1. The lowest BCUT2D eigenvalue weighted by Gasteiger charge is -2.29. The van der Waals surface area contributed by atoms with E-state index in [2.05, 4.69) is 4.90 Å². The van der Waals surface area contributed by atoms with Crippen molar-refractivity contribution >= 4 is 17.4 Å². The van der Waals surface area contributed by atoms with E-state index in [9.17, 15) is 19.8 Å². The van der Waals surface area contributed by atoms with Gasteiger partial charge in [-0.1, -0.05) is 35.9 Å². The summed E-state index contributed by atoms with van der Waals surface area (Å²) in [6, 6.07) is 11.1. The van der Waals surface area contributed by atoms with Gasteiger partial charge in [0.2, 0.25) is 0 Å². The molecular formula is C27H32N2O6. The average molecular weight is 481 g/mol. The molecule has 2 aromatic carbocycles. The molecule has 8 nitrogen and oxygen atoms in total. The first-order valence-electron chi connectivity index (χ1n) is 12.0. The van der Waals surface area contributed by atoms with Gasteiger partial charge in [0.25, 0.3) is 11.7 Å². The van der Waals surface area contributed by atoms with Gasteiger partial charge in [-0.3, -0.25) is 14.5 Å². The van der Waals surface area contributed by atoms with Crippen molar-refractivity contribution < 1.29 is 29.3 Å². The number of phenolic OH excluding ortho intramolecular Hbond substituents is 1. The molecule has 2 N–H and O–H groups in total. The van der Waals surface area contributed by atoms with E-state index >= 15 is 0 Å². The molecule has 2 fully saturated rings. The van der Waals surface area contributed by atoms with Crippen LogP contribution in [0.2, 0.25) is 0 Å². The average Bonchev–Trinajstić information content (AvgIpc) is 3.11. The number of Topliss-reactive ketones (excluding diaryl/α,β-unsaturated/α-hetero) is 1. The standard InChI is InChI=1S/C27H32N2O6/c1-3-35-22-17-20(9-10-21(22)30)24-23(25(31)19-7-5-18(2)6-8-19)26(32)27(33)29(24)12-4-11-28-13-15-34-16-14-28/h5-10,17,24,30-31H,3-4,11-16H2,1-2H3. The second-order valence-electron chi connectivity index (χ2n) is 8.83. The Morgan fingerprint density at radius 1 is 1.09 bits per heavy atom. The fourth-order valence-corrected chi connectivity index (χ4v) is 4.59. The Hall–Kier alpha value is -3.36. The molecule has 2 saturated heterocycles. The van der Waals surface area contributed by atoms with Gasteiger partial charge in [-0.2, -0.15) is 0 Å². The molecule has 1 amide bonds. The molecule has 1 unspecified atom stereocenters. The molecule has 0 aromatic heterocycles. The molecule has 186 valence electrons. The van der Waals surface area contributed by atoms with Crippen LogP contribution in [0.1, 0.15) is 36.1 Å². The molecule has 4 rings (SSSR count). The number of carbonyl (C=O) groups is 2. The fraction of sp³-hybridized carbons (Fsp3) is 0.407. The molecule has 2 heterocycles. The van der Waals surface area contributed by atoms with Crippen LogP contribution in [0.3, 0.4) is 0 Å². The van der Waals surface area contributed by atoms with Crippen molar-refractivity contribution in [1.82, 2.24) is 9.80 Å². The number of nitrogens with zero attached hydrogens (tertiary/aromatic N) is 2. The van der Waals surface area contributed by atoms with Gasteiger partial charge in [-0.15, -0.1) is 0 Å². The SMILES string of the molecule is CCOc1cc(C2C(=C(O)c3ccc(C)cc3)C(=O)C(=O)N2CCCN2CCOCC2)ccc1O. The number of ether oxygens (including phenoxy) is 2. The van der Waals surface area contributed by atoms with E-state index in [0.29, 0.717) is 43.9 Å². The lowest BCUT2D eigenvalue weighted by atomic mass is 9.94. The molecule has 2 aliphatic heterocycles. The maximum atomic E-state index is 13.2. The highest BCUT2D eigenvalue weighted by Gasteiger charge is 2.46. The van der Waals surface area contributed by atoms with Crippen LogP contribution in [0.5, 0.6) is 11.5 Å². The minimum atomic E-state index is -0.791. The summed E-state index contributed by atoms with van der Waals surface area (Å²) in [6.07, 6.45) is 0.671. The summed E-state index contributed by atoms with van der Waals surface area (Å²) in [7, 11) is 0. The van der Waals surface area contributed by atoms with E-state index in [1.165, 1.54) is 11.0 Å². The van der Waals surface area contributed by atoms with E-state index in [4.69, 9.17) is 9.47 Å². The van der Waals surface area contributed by atoms with Gasteiger partial charge in [0.15, 0.2) is 11.5 Å². The van der Waals surface area contributed by atoms with Crippen molar-refractivity contribution in [2.45, 2.75) is 26.3 Å². The molecule has 35 heavy (non-hydrogen) atoms. The first kappa shape index (κ1) is 24.8. The number of phenols is 1. The number of hydrogen-bond donors (Lipinski definition) is 2. The molecule has 2 aromatic rings. The topological polar surface area (TPSA) is 99.5 Å². The zero-order valence-electron chi connectivity index (χ0n) is 20.2. The van der Waals surface area contributed by atoms with Gasteiger partial charge in [0, 0.05) is 31.7 Å². The molecule has 2 aliphatic rings. The normalized spacial score (nSPS) is 20.4. The molecule has 0 bridgehead atoms. The molecule has 0 spiro atoms. The number of hydrogen-bond acceptors (Lipinski definition) is 7. The maximum absolute atomic E-state index is 13.2. The number of rotatable bonds is 8. The zero-order chi connectivity index (χ0) is 24.9. The Morgan fingerprint density at radius 3 is 2.49 bits per heavy atom. The summed E-state index contributed by atoms with van der Waals surface area (Å²) in [5.41, 5.74) is 2.11. The summed E-state index contributed by atoms with van der Waals surface area (Å²) >= 11 is 0. The molecular weight excluding hydrogens is 448 g/mol. The van der Waals surface area contributed by atoms with Gasteiger partial charge in [-0.05, 0) is 38.0 Å². The maximum Gasteiger partial charge on any atom is 0.295 e. The largest absolute Gasteiger partial charge is 0.507 e. The smallest absolute Gasteiger partial charge is 0.295 e. The second-order valence-corrected chi connectivity index (χ2v) is 8.83. The highest BCUT2D eigenvalue weighted by Crippen LogP contribution is 2.41. The van der Waals surface area contributed by atoms with Crippen LogP contribution in [0, 0.1) is 6.92 Å². The van der Waals surface area contributed by atoms with Crippen molar-refractivity contribution in [2.75, 3.05) is 46.0 Å². The van der Waals surface area contributed by atoms with E-state index in [-0.39, 0.29) is 22.8 Å². The van der Waals surface area contributed by atoms with Crippen molar-refractivity contribution in [2.24, 2.45) is 0 Å². The molecule has 0 radical (unpaired) electrons. The Balaban J connectivity index is 1.71. The molecule has 1 atom stereocenters. The molecule has 0 aliphatic carbocycles. The predicted molar refractivity (Wildman–Crippen MR) is 131 cm³/mol. The monoisotopic (exact) mass is 480 g/mol. The van der Waals surface area contributed by atoms with Crippen molar-refractivity contribution in [3.8, 4) is 11.5 Å². The van der Waals surface area contributed by atoms with Crippen molar-refractivity contribution in [1.29, 1.82) is 0 Å². The number of aliphatic hydroxyl groups is 1. The number of likely N-dealkylation sites (tertiary alicyclic amines) is 1. The third-order valence-electron chi connectivity index (χ3n) is 6.44. The highest BCUT2D eigenvalue weighted by atomic mass is 16.5. The van der Waals surface area contributed by atoms with Crippen LogP contribution >= 0.6 is 0 Å². The van der Waals surface area contributed by atoms with Crippen molar-refractivity contribution in [3.63, 3.8) is 0 Å². The first-order chi connectivity index (χ1) is 16.9. The second kappa shape index (κ2) is 10.9. The lowest BCUT2D eigenvalue weighted by Crippen LogP contribution is -2.38. The summed E-state index contributed by atoms with van der Waals surface area (Å²) in [5.74, 6) is -1.34. The minimum absolute atomic E-state index is 0.0293. The van der Waals surface area contributed by atoms with Crippen molar-refractivity contribution in [3.05, 3.63) is 64.7 Å². The third kappa shape index (κ3) is 5.33. The Kier molecular flexibility index (Phi) is 7.73. The number of benzene rings is 2. The Bertz CT molecular complexity index is 1110. The van der Waals surface area contributed by atoms with Gasteiger partial charge in [0.1, 0.15) is 5.76 Å². The number of aliphatic hydroxyl groups excluding tert-OH is 1. The van der Waals surface area contributed by atoms with Crippen LogP contribution in [-0.4, -0.2) is 77.7 Å². The predicted octanol–water partition coefficient (Wildman–Crippen LogP) is 3.24. The number of morpholine rings is 1. The van der Waals surface area contributed by atoms with Crippen LogP contribution in [0.4, 0.5) is 0 Å². The molecule has 0 saturated carbocycles. The third-order valence-corrected chi connectivity index (χ3v) is 6.44. The quantitative estimate of drug-likeness (QED) is 0.340. The summed E-state index contributed by atoms with van der Waals surface area (Å²) in [4.78, 5) is 30.2. The lowest BCUT2D eigenvalue weighted by molar-refractivity contribution is -0.140. The van der Waals surface area contributed by atoms with E-state index < -0.39 is 17.7 Å². The Morgan fingerprint density at radius 2 is 1.80 bits per heavy atom. The van der Waals surface area contributed by atoms with Crippen LogP contribution in [-0.2, 0) is 14.3 Å². The van der Waals surface area contributed by atoms with Crippen LogP contribution < -0.4 is 4.74 Å². The highest BCUT2D eigenvalue weighted by molar-refractivity contribution is 6.46. The van der Waals surface area contributed by atoms with Crippen LogP contribution in [0.25, 0.3) is 5.76 Å². The number of aromatic hydroxyl groups is 1. The van der Waals surface area contributed by atoms with Gasteiger partial charge in [0.05, 0.1) is 31.4 Å². The van der Waals surface area contributed by atoms with Gasteiger partial charge in [-0.25, -0.2) is 0 Å². The summed E-state index contributed by atoms with van der Waals surface area (Å²) < 4.78 is 10.9. The minimum Gasteiger partial charge on any atom is -0.507 e. The first-order valence-corrected chi connectivity index (χ1v) is 12.0. The number of carbonyl (C=O) groups excluding carboxylic acids is 2. The van der Waals surface area contributed by atoms with E-state index in [1.807, 2.05) is 19.1 Å².